The lowest BCUT2D eigenvalue weighted by atomic mass is 10.0. The Morgan fingerprint density at radius 3 is 2.15 bits per heavy atom. The van der Waals surface area contributed by atoms with Crippen LogP contribution >= 0.6 is 22.6 Å². The van der Waals surface area contributed by atoms with E-state index in [9.17, 15) is 5.11 Å². The van der Waals surface area contributed by atoms with E-state index in [1.807, 2.05) is 30.3 Å². The van der Waals surface area contributed by atoms with Crippen LogP contribution in [-0.4, -0.2) is 19.5 Å². The molecule has 112 valence electrons. The molecule has 0 radical (unpaired) electrons. The maximum atomic E-state index is 10.6. The number of benzene rings is 1. The molecule has 0 saturated carbocycles. The molecule has 2 nitrogen and oxygen atoms in total. The lowest BCUT2D eigenvalue weighted by molar-refractivity contribution is 0.0542. The van der Waals surface area contributed by atoms with Crippen LogP contribution in [-0.2, 0) is 4.43 Å². The summed E-state index contributed by atoms with van der Waals surface area (Å²) in [6.45, 7) is 15.0. The molecular formula is C16H25IO2Si. The fourth-order valence-electron chi connectivity index (χ4n) is 1.62. The standard InChI is InChI=1S/C16H25IO2Si/c1-12(17)15(19-20(5,6)16(2,3)4)14(18)13-10-8-7-9-11-13/h7-11,14-15,18H,1H2,2-6H3/t14-,15-/m0/s1. The van der Waals surface area contributed by atoms with E-state index in [1.165, 1.54) is 0 Å². The van der Waals surface area contributed by atoms with Crippen LogP contribution in [0.5, 0.6) is 0 Å². The first kappa shape index (κ1) is 17.9. The van der Waals surface area contributed by atoms with Crippen molar-refractivity contribution in [3.8, 4) is 0 Å². The Morgan fingerprint density at radius 2 is 1.75 bits per heavy atom. The lowest BCUT2D eigenvalue weighted by Gasteiger charge is -2.40. The topological polar surface area (TPSA) is 29.5 Å². The van der Waals surface area contributed by atoms with Crippen LogP contribution < -0.4 is 0 Å². The molecule has 0 aliphatic heterocycles. The normalized spacial score (nSPS) is 15.8. The number of aliphatic hydroxyl groups excluding tert-OH is 1. The Hall–Kier alpha value is -0.173. The second-order valence-corrected chi connectivity index (χ2v) is 12.7. The van der Waals surface area contributed by atoms with Gasteiger partial charge in [-0.1, -0.05) is 57.7 Å². The Morgan fingerprint density at radius 1 is 1.25 bits per heavy atom. The number of hydrogen-bond acceptors (Lipinski definition) is 2. The molecule has 1 aromatic carbocycles. The molecular weight excluding hydrogens is 379 g/mol. The van der Waals surface area contributed by atoms with Gasteiger partial charge >= 0.3 is 0 Å². The third-order valence-electron chi connectivity index (χ3n) is 3.96. The van der Waals surface area contributed by atoms with E-state index in [-0.39, 0.29) is 11.1 Å². The van der Waals surface area contributed by atoms with Crippen molar-refractivity contribution in [1.29, 1.82) is 0 Å². The first-order valence-corrected chi connectivity index (χ1v) is 10.8. The van der Waals surface area contributed by atoms with Crippen LogP contribution in [0.3, 0.4) is 0 Å². The quantitative estimate of drug-likeness (QED) is 0.549. The summed E-state index contributed by atoms with van der Waals surface area (Å²) in [4.78, 5) is 0. The number of rotatable bonds is 5. The Bertz CT molecular complexity index is 451. The molecule has 0 aliphatic carbocycles. The van der Waals surface area contributed by atoms with Crippen LogP contribution in [0.4, 0.5) is 0 Å². The molecule has 1 N–H and O–H groups in total. The van der Waals surface area contributed by atoms with Crippen LogP contribution in [0, 0.1) is 0 Å². The van der Waals surface area contributed by atoms with Crippen molar-refractivity contribution in [2.75, 3.05) is 0 Å². The molecule has 1 aromatic rings. The van der Waals surface area contributed by atoms with Crippen molar-refractivity contribution < 1.29 is 9.53 Å². The molecule has 20 heavy (non-hydrogen) atoms. The van der Waals surface area contributed by atoms with Crippen molar-refractivity contribution in [2.45, 2.75) is 51.1 Å². The smallest absolute Gasteiger partial charge is 0.193 e. The molecule has 0 heterocycles. The molecule has 0 spiro atoms. The van der Waals surface area contributed by atoms with E-state index in [0.29, 0.717) is 0 Å². The molecule has 0 saturated heterocycles. The summed E-state index contributed by atoms with van der Waals surface area (Å²) >= 11 is 2.16. The van der Waals surface area contributed by atoms with Gasteiger partial charge in [0.15, 0.2) is 8.32 Å². The lowest BCUT2D eigenvalue weighted by Crippen LogP contribution is -2.45. The van der Waals surface area contributed by atoms with Crippen LogP contribution in [0.25, 0.3) is 0 Å². The molecule has 0 unspecified atom stereocenters. The zero-order valence-corrected chi connectivity index (χ0v) is 16.1. The Balaban J connectivity index is 2.99. The molecule has 2 atom stereocenters. The third kappa shape index (κ3) is 4.41. The van der Waals surface area contributed by atoms with Gasteiger partial charge in [0.05, 0.1) is 0 Å². The molecule has 4 heteroatoms. The Kier molecular flexibility index (Phi) is 6.01. The van der Waals surface area contributed by atoms with E-state index in [4.69, 9.17) is 4.43 Å². The fourth-order valence-corrected chi connectivity index (χ4v) is 3.59. The van der Waals surface area contributed by atoms with Gasteiger partial charge in [-0.15, -0.1) is 0 Å². The zero-order chi connectivity index (χ0) is 15.6. The molecule has 0 aromatic heterocycles. The summed E-state index contributed by atoms with van der Waals surface area (Å²) in [5.74, 6) is 0. The average Bonchev–Trinajstić information content (AvgIpc) is 2.34. The third-order valence-corrected chi connectivity index (χ3v) is 9.03. The second-order valence-electron chi connectivity index (χ2n) is 6.60. The van der Waals surface area contributed by atoms with Crippen molar-refractivity contribution in [3.63, 3.8) is 0 Å². The maximum Gasteiger partial charge on any atom is 0.193 e. The largest absolute Gasteiger partial charge is 0.406 e. The minimum atomic E-state index is -1.95. The summed E-state index contributed by atoms with van der Waals surface area (Å²) < 4.78 is 7.20. The van der Waals surface area contributed by atoms with E-state index in [2.05, 4.69) is 63.0 Å². The Labute approximate surface area is 137 Å². The fraction of sp³-hybridized carbons (Fsp3) is 0.500. The van der Waals surface area contributed by atoms with E-state index >= 15 is 0 Å². The minimum absolute atomic E-state index is 0.105. The van der Waals surface area contributed by atoms with Gasteiger partial charge in [-0.25, -0.2) is 0 Å². The number of halogens is 1. The van der Waals surface area contributed by atoms with Crippen molar-refractivity contribution in [1.82, 2.24) is 0 Å². The highest BCUT2D eigenvalue weighted by Gasteiger charge is 2.41. The van der Waals surface area contributed by atoms with Gasteiger partial charge in [0.25, 0.3) is 0 Å². The monoisotopic (exact) mass is 404 g/mol. The van der Waals surface area contributed by atoms with Gasteiger partial charge in [0.1, 0.15) is 12.2 Å². The first-order valence-electron chi connectivity index (χ1n) is 6.81. The summed E-state index contributed by atoms with van der Waals surface area (Å²) in [6, 6.07) is 9.65. The molecule has 0 fully saturated rings. The van der Waals surface area contributed by atoms with Gasteiger partial charge in [-0.05, 0) is 46.3 Å². The highest BCUT2D eigenvalue weighted by atomic mass is 127. The first-order chi connectivity index (χ1) is 9.06. The van der Waals surface area contributed by atoms with Crippen LogP contribution in [0.1, 0.15) is 32.4 Å². The van der Waals surface area contributed by atoms with E-state index in [0.717, 1.165) is 9.14 Å². The predicted octanol–water partition coefficient (Wildman–Crippen LogP) is 5.06. The van der Waals surface area contributed by atoms with Crippen molar-refractivity contribution in [2.24, 2.45) is 0 Å². The molecule has 1 rings (SSSR count). The van der Waals surface area contributed by atoms with Gasteiger partial charge in [0.2, 0.25) is 0 Å². The predicted molar refractivity (Wildman–Crippen MR) is 96.6 cm³/mol. The summed E-state index contributed by atoms with van der Waals surface area (Å²) in [5.41, 5.74) is 0.869. The van der Waals surface area contributed by atoms with Gasteiger partial charge in [-0.3, -0.25) is 0 Å². The summed E-state index contributed by atoms with van der Waals surface area (Å²) in [6.07, 6.45) is -1.03. The van der Waals surface area contributed by atoms with Gasteiger partial charge in [-0.2, -0.15) is 0 Å². The molecule has 0 bridgehead atoms. The van der Waals surface area contributed by atoms with Crippen molar-refractivity contribution >= 4 is 30.9 Å². The van der Waals surface area contributed by atoms with Crippen LogP contribution in [0.15, 0.2) is 40.5 Å². The molecule has 0 amide bonds. The van der Waals surface area contributed by atoms with Crippen molar-refractivity contribution in [3.05, 3.63) is 46.1 Å². The van der Waals surface area contributed by atoms with E-state index in [1.54, 1.807) is 0 Å². The SMILES string of the molecule is C=C(I)[C@H](O[Si](C)(C)C(C)(C)C)[C@@H](O)c1ccccc1. The van der Waals surface area contributed by atoms with E-state index < -0.39 is 14.4 Å². The number of hydrogen-bond donors (Lipinski definition) is 1. The van der Waals surface area contributed by atoms with Crippen LogP contribution in [0.2, 0.25) is 18.1 Å². The maximum absolute atomic E-state index is 10.6. The second kappa shape index (κ2) is 6.73. The number of aliphatic hydroxyl groups is 1. The average molecular weight is 404 g/mol. The summed E-state index contributed by atoms with van der Waals surface area (Å²) in [7, 11) is -1.95. The van der Waals surface area contributed by atoms with Gasteiger partial charge < -0.3 is 9.53 Å². The van der Waals surface area contributed by atoms with Gasteiger partial charge in [0, 0.05) is 3.58 Å². The molecule has 0 aliphatic rings. The highest BCUT2D eigenvalue weighted by molar-refractivity contribution is 14.1. The minimum Gasteiger partial charge on any atom is -0.406 e. The summed E-state index contributed by atoms with van der Waals surface area (Å²) in [5, 5.41) is 10.7. The zero-order valence-electron chi connectivity index (χ0n) is 13.0. The highest BCUT2D eigenvalue weighted by Crippen LogP contribution is 2.40.